The lowest BCUT2D eigenvalue weighted by Crippen LogP contribution is -2.13. The summed E-state index contributed by atoms with van der Waals surface area (Å²) in [5.74, 6) is 0. The van der Waals surface area contributed by atoms with Crippen LogP contribution in [0.1, 0.15) is 0 Å². The zero-order chi connectivity index (χ0) is 13.3. The first-order chi connectivity index (χ1) is 8.38. The zero-order valence-electron chi connectivity index (χ0n) is 9.46. The van der Waals surface area contributed by atoms with Crippen LogP contribution in [0.25, 0.3) is 0 Å². The molecule has 0 amide bonds. The van der Waals surface area contributed by atoms with Crippen LogP contribution in [0.2, 0.25) is 5.02 Å². The zero-order valence-corrected chi connectivity index (χ0v) is 11.0. The predicted molar refractivity (Wildman–Crippen MR) is 69.9 cm³/mol. The molecule has 1 aromatic heterocycles. The molecule has 0 bridgehead atoms. The standard InChI is InChI=1S/C10H11ClN4O2S/c1-15-6-8(5-13-15)14-18(16,17)10-3-2-7(12)4-9(10)11/h2-6,14H,12H2,1H3. The molecule has 1 heterocycles. The third-order valence-electron chi connectivity index (χ3n) is 2.20. The van der Waals surface area contributed by atoms with Gasteiger partial charge >= 0.3 is 0 Å². The average molecular weight is 287 g/mol. The highest BCUT2D eigenvalue weighted by molar-refractivity contribution is 7.92. The van der Waals surface area contributed by atoms with E-state index >= 15 is 0 Å². The van der Waals surface area contributed by atoms with E-state index in [1.165, 1.54) is 29.1 Å². The van der Waals surface area contributed by atoms with Gasteiger partial charge < -0.3 is 5.73 Å². The number of rotatable bonds is 3. The van der Waals surface area contributed by atoms with E-state index in [1.54, 1.807) is 13.2 Å². The second kappa shape index (κ2) is 4.51. The van der Waals surface area contributed by atoms with Gasteiger partial charge in [0.05, 0.1) is 16.9 Å². The molecular weight excluding hydrogens is 276 g/mol. The Balaban J connectivity index is 2.36. The van der Waals surface area contributed by atoms with E-state index in [2.05, 4.69) is 9.82 Å². The van der Waals surface area contributed by atoms with Crippen LogP contribution in [0.4, 0.5) is 11.4 Å². The number of nitrogens with two attached hydrogens (primary N) is 1. The van der Waals surface area contributed by atoms with Gasteiger partial charge in [-0.25, -0.2) is 8.42 Å². The Morgan fingerprint density at radius 3 is 2.72 bits per heavy atom. The number of nitrogen functional groups attached to an aromatic ring is 1. The Morgan fingerprint density at radius 1 is 1.44 bits per heavy atom. The van der Waals surface area contributed by atoms with E-state index in [-0.39, 0.29) is 9.92 Å². The van der Waals surface area contributed by atoms with Gasteiger partial charge in [0.1, 0.15) is 4.90 Å². The van der Waals surface area contributed by atoms with E-state index in [0.29, 0.717) is 11.4 Å². The number of hydrogen-bond acceptors (Lipinski definition) is 4. The first-order valence-electron chi connectivity index (χ1n) is 4.95. The Hall–Kier alpha value is -1.73. The summed E-state index contributed by atoms with van der Waals surface area (Å²) in [5.41, 5.74) is 6.28. The van der Waals surface area contributed by atoms with Gasteiger partial charge in [-0.15, -0.1) is 0 Å². The smallest absolute Gasteiger partial charge is 0.263 e. The van der Waals surface area contributed by atoms with Crippen LogP contribution in [0.15, 0.2) is 35.5 Å². The first kappa shape index (κ1) is 12.7. The van der Waals surface area contributed by atoms with Crippen molar-refractivity contribution in [2.45, 2.75) is 4.90 Å². The van der Waals surface area contributed by atoms with Gasteiger partial charge in [0, 0.05) is 18.9 Å². The summed E-state index contributed by atoms with van der Waals surface area (Å²) in [4.78, 5) is -0.0257. The molecule has 0 saturated carbocycles. The fourth-order valence-electron chi connectivity index (χ4n) is 1.42. The molecule has 0 saturated heterocycles. The molecule has 3 N–H and O–H groups in total. The molecule has 8 heteroatoms. The maximum absolute atomic E-state index is 12.1. The number of aryl methyl sites for hydroxylation is 1. The number of nitrogens with zero attached hydrogens (tertiary/aromatic N) is 2. The van der Waals surface area contributed by atoms with Crippen LogP contribution < -0.4 is 10.5 Å². The molecule has 1 aromatic carbocycles. The number of aromatic nitrogens is 2. The van der Waals surface area contributed by atoms with Crippen molar-refractivity contribution in [2.75, 3.05) is 10.5 Å². The van der Waals surface area contributed by atoms with Crippen LogP contribution >= 0.6 is 11.6 Å². The van der Waals surface area contributed by atoms with E-state index in [9.17, 15) is 8.42 Å². The molecule has 96 valence electrons. The highest BCUT2D eigenvalue weighted by Crippen LogP contribution is 2.25. The summed E-state index contributed by atoms with van der Waals surface area (Å²) < 4.78 is 28.0. The minimum atomic E-state index is -3.74. The lowest BCUT2D eigenvalue weighted by Gasteiger charge is -2.08. The van der Waals surface area contributed by atoms with Crippen LogP contribution in [-0.4, -0.2) is 18.2 Å². The second-order valence-corrected chi connectivity index (χ2v) is 5.76. The molecule has 2 rings (SSSR count). The van der Waals surface area contributed by atoms with Gasteiger partial charge in [-0.1, -0.05) is 11.6 Å². The lowest BCUT2D eigenvalue weighted by molar-refractivity contribution is 0.601. The molecule has 0 unspecified atom stereocenters. The monoisotopic (exact) mass is 286 g/mol. The van der Waals surface area contributed by atoms with Gasteiger partial charge in [-0.05, 0) is 18.2 Å². The molecule has 18 heavy (non-hydrogen) atoms. The van der Waals surface area contributed by atoms with Gasteiger partial charge in [-0.2, -0.15) is 5.10 Å². The molecule has 0 fully saturated rings. The molecule has 2 aromatic rings. The SMILES string of the molecule is Cn1cc(NS(=O)(=O)c2ccc(N)cc2Cl)cn1. The van der Waals surface area contributed by atoms with Crippen molar-refractivity contribution < 1.29 is 8.42 Å². The molecule has 0 atom stereocenters. The minimum Gasteiger partial charge on any atom is -0.399 e. The van der Waals surface area contributed by atoms with Crippen molar-refractivity contribution in [3.63, 3.8) is 0 Å². The minimum absolute atomic E-state index is 0.0257. The Bertz CT molecular complexity index is 681. The van der Waals surface area contributed by atoms with Crippen molar-refractivity contribution >= 4 is 33.0 Å². The van der Waals surface area contributed by atoms with Crippen molar-refractivity contribution in [3.05, 3.63) is 35.6 Å². The largest absolute Gasteiger partial charge is 0.399 e. The molecule has 0 radical (unpaired) electrons. The van der Waals surface area contributed by atoms with E-state index in [0.717, 1.165) is 0 Å². The lowest BCUT2D eigenvalue weighted by atomic mass is 10.3. The molecule has 0 aliphatic heterocycles. The number of nitrogens with one attached hydrogen (secondary N) is 1. The maximum Gasteiger partial charge on any atom is 0.263 e. The van der Waals surface area contributed by atoms with Crippen molar-refractivity contribution in [3.8, 4) is 0 Å². The maximum atomic E-state index is 12.1. The highest BCUT2D eigenvalue weighted by atomic mass is 35.5. The molecule has 0 spiro atoms. The molecular formula is C10H11ClN4O2S. The van der Waals surface area contributed by atoms with E-state index < -0.39 is 10.0 Å². The number of hydrogen-bond donors (Lipinski definition) is 2. The predicted octanol–water partition coefficient (Wildman–Crippen LogP) is 1.46. The van der Waals surface area contributed by atoms with Crippen molar-refractivity contribution in [2.24, 2.45) is 7.05 Å². The summed E-state index contributed by atoms with van der Waals surface area (Å²) >= 11 is 5.87. The Kier molecular flexibility index (Phi) is 3.18. The Morgan fingerprint density at radius 2 is 2.17 bits per heavy atom. The quantitative estimate of drug-likeness (QED) is 0.836. The van der Waals surface area contributed by atoms with Gasteiger partial charge in [0.15, 0.2) is 0 Å². The topological polar surface area (TPSA) is 90.0 Å². The van der Waals surface area contributed by atoms with Crippen LogP contribution in [0.5, 0.6) is 0 Å². The van der Waals surface area contributed by atoms with Gasteiger partial charge in [-0.3, -0.25) is 9.40 Å². The summed E-state index contributed by atoms with van der Waals surface area (Å²) in [7, 11) is -2.05. The number of halogens is 1. The third-order valence-corrected chi connectivity index (χ3v) is 4.07. The van der Waals surface area contributed by atoms with E-state index in [1.807, 2.05) is 0 Å². The fraction of sp³-hybridized carbons (Fsp3) is 0.100. The van der Waals surface area contributed by atoms with Crippen LogP contribution in [0, 0.1) is 0 Å². The summed E-state index contributed by atoms with van der Waals surface area (Å²) in [6.45, 7) is 0. The molecule has 0 aliphatic rings. The van der Waals surface area contributed by atoms with E-state index in [4.69, 9.17) is 17.3 Å². The summed E-state index contributed by atoms with van der Waals surface area (Å²) in [5, 5.41) is 3.94. The average Bonchev–Trinajstić information content (AvgIpc) is 2.62. The summed E-state index contributed by atoms with van der Waals surface area (Å²) in [6, 6.07) is 4.22. The third kappa shape index (κ3) is 2.57. The van der Waals surface area contributed by atoms with Crippen LogP contribution in [0.3, 0.4) is 0 Å². The van der Waals surface area contributed by atoms with Crippen LogP contribution in [-0.2, 0) is 17.1 Å². The number of anilines is 2. The van der Waals surface area contributed by atoms with Crippen molar-refractivity contribution in [1.29, 1.82) is 0 Å². The van der Waals surface area contributed by atoms with Gasteiger partial charge in [0.2, 0.25) is 0 Å². The first-order valence-corrected chi connectivity index (χ1v) is 6.81. The normalized spacial score (nSPS) is 11.4. The number of sulfonamides is 1. The Labute approximate surface area is 109 Å². The van der Waals surface area contributed by atoms with Crippen molar-refractivity contribution in [1.82, 2.24) is 9.78 Å². The van der Waals surface area contributed by atoms with Gasteiger partial charge in [0.25, 0.3) is 10.0 Å². The highest BCUT2D eigenvalue weighted by Gasteiger charge is 2.18. The second-order valence-electron chi connectivity index (χ2n) is 3.70. The number of benzene rings is 1. The molecule has 6 nitrogen and oxygen atoms in total. The fourth-order valence-corrected chi connectivity index (χ4v) is 3.00. The summed E-state index contributed by atoms with van der Waals surface area (Å²) in [6.07, 6.45) is 2.95. The molecule has 0 aliphatic carbocycles.